The second-order valence-electron chi connectivity index (χ2n) is 3.68. The van der Waals surface area contributed by atoms with Crippen molar-refractivity contribution >= 4 is 0 Å². The first kappa shape index (κ1) is 9.55. The zero-order valence-corrected chi connectivity index (χ0v) is 8.53. The molecule has 0 unspecified atom stereocenters. The van der Waals surface area contributed by atoms with Crippen LogP contribution in [0.2, 0.25) is 0 Å². The van der Waals surface area contributed by atoms with Gasteiger partial charge in [-0.15, -0.1) is 0 Å². The van der Waals surface area contributed by atoms with E-state index in [1.807, 2.05) is 6.20 Å². The normalized spacial score (nSPS) is 18.4. The van der Waals surface area contributed by atoms with E-state index in [0.29, 0.717) is 0 Å². The van der Waals surface area contributed by atoms with E-state index in [9.17, 15) is 0 Å². The van der Waals surface area contributed by atoms with Crippen molar-refractivity contribution in [1.82, 2.24) is 20.2 Å². The third-order valence-corrected chi connectivity index (χ3v) is 2.59. The Morgan fingerprint density at radius 2 is 2.21 bits per heavy atom. The quantitative estimate of drug-likeness (QED) is 0.726. The summed E-state index contributed by atoms with van der Waals surface area (Å²) in [6.07, 6.45) is 3.51. The number of nitrogens with one attached hydrogen (secondary N) is 1. The van der Waals surface area contributed by atoms with E-state index < -0.39 is 0 Å². The van der Waals surface area contributed by atoms with Gasteiger partial charge in [0.15, 0.2) is 0 Å². The number of hydrogen-bond donors (Lipinski definition) is 1. The lowest BCUT2D eigenvalue weighted by atomic mass is 10.2. The summed E-state index contributed by atoms with van der Waals surface area (Å²) < 4.78 is 0. The third kappa shape index (κ3) is 2.27. The fourth-order valence-electron chi connectivity index (χ4n) is 1.67. The molecule has 0 radical (unpaired) electrons. The van der Waals surface area contributed by atoms with Crippen LogP contribution in [-0.2, 0) is 6.54 Å². The standard InChI is InChI=1S/C10H16N4/c1-9-6-12-8-13-10(9)7-14-4-2-11-3-5-14/h6,8,11H,2-5,7H2,1H3. The van der Waals surface area contributed by atoms with Crippen molar-refractivity contribution < 1.29 is 0 Å². The van der Waals surface area contributed by atoms with Gasteiger partial charge in [-0.2, -0.15) is 0 Å². The van der Waals surface area contributed by atoms with E-state index >= 15 is 0 Å². The molecule has 0 aromatic carbocycles. The predicted octanol–water partition coefficient (Wildman–Crippen LogP) is 0.190. The molecule has 0 saturated carbocycles. The molecule has 14 heavy (non-hydrogen) atoms. The van der Waals surface area contributed by atoms with Crippen LogP contribution < -0.4 is 5.32 Å². The van der Waals surface area contributed by atoms with Gasteiger partial charge in [0.25, 0.3) is 0 Å². The van der Waals surface area contributed by atoms with E-state index in [4.69, 9.17) is 0 Å². The minimum atomic E-state index is 0.954. The minimum Gasteiger partial charge on any atom is -0.314 e. The van der Waals surface area contributed by atoms with E-state index in [0.717, 1.165) is 38.4 Å². The molecule has 1 aromatic rings. The largest absolute Gasteiger partial charge is 0.314 e. The van der Waals surface area contributed by atoms with Gasteiger partial charge in [-0.05, 0) is 12.5 Å². The summed E-state index contributed by atoms with van der Waals surface area (Å²) in [5, 5.41) is 3.34. The van der Waals surface area contributed by atoms with Crippen LogP contribution in [0.5, 0.6) is 0 Å². The average Bonchev–Trinajstić information content (AvgIpc) is 2.23. The molecule has 1 N–H and O–H groups in total. The highest BCUT2D eigenvalue weighted by Crippen LogP contribution is 2.06. The van der Waals surface area contributed by atoms with Gasteiger partial charge in [0.2, 0.25) is 0 Å². The van der Waals surface area contributed by atoms with Crippen LogP contribution in [0.15, 0.2) is 12.5 Å². The molecular formula is C10H16N4. The molecule has 0 spiro atoms. The highest BCUT2D eigenvalue weighted by molar-refractivity contribution is 5.13. The summed E-state index contributed by atoms with van der Waals surface area (Å²) in [5.74, 6) is 0. The molecule has 0 amide bonds. The van der Waals surface area contributed by atoms with E-state index in [-0.39, 0.29) is 0 Å². The number of aryl methyl sites for hydroxylation is 1. The van der Waals surface area contributed by atoms with Crippen LogP contribution >= 0.6 is 0 Å². The van der Waals surface area contributed by atoms with Gasteiger partial charge in [0, 0.05) is 38.9 Å². The molecule has 4 heteroatoms. The Morgan fingerprint density at radius 1 is 1.43 bits per heavy atom. The molecule has 1 saturated heterocycles. The molecule has 1 fully saturated rings. The molecule has 76 valence electrons. The minimum absolute atomic E-state index is 0.954. The van der Waals surface area contributed by atoms with Crippen molar-refractivity contribution in [2.24, 2.45) is 0 Å². The second kappa shape index (κ2) is 4.48. The topological polar surface area (TPSA) is 41.1 Å². The Bertz CT molecular complexity index is 294. The zero-order chi connectivity index (χ0) is 9.80. The predicted molar refractivity (Wildman–Crippen MR) is 54.9 cm³/mol. The zero-order valence-electron chi connectivity index (χ0n) is 8.53. The second-order valence-corrected chi connectivity index (χ2v) is 3.68. The lowest BCUT2D eigenvalue weighted by Crippen LogP contribution is -2.43. The maximum atomic E-state index is 4.30. The van der Waals surface area contributed by atoms with Gasteiger partial charge in [-0.25, -0.2) is 9.97 Å². The molecular weight excluding hydrogens is 176 g/mol. The summed E-state index contributed by atoms with van der Waals surface area (Å²) in [6.45, 7) is 7.43. The smallest absolute Gasteiger partial charge is 0.115 e. The number of rotatable bonds is 2. The summed E-state index contributed by atoms with van der Waals surface area (Å²) in [5.41, 5.74) is 2.34. The number of nitrogens with zero attached hydrogens (tertiary/aromatic N) is 3. The Balaban J connectivity index is 1.99. The maximum absolute atomic E-state index is 4.30. The fourth-order valence-corrected chi connectivity index (χ4v) is 1.67. The molecule has 2 heterocycles. The van der Waals surface area contributed by atoms with Gasteiger partial charge in [0.05, 0.1) is 5.69 Å². The Labute approximate surface area is 84.4 Å². The molecule has 1 aromatic heterocycles. The molecule has 0 atom stereocenters. The fraction of sp³-hybridized carbons (Fsp3) is 0.600. The average molecular weight is 192 g/mol. The summed E-state index contributed by atoms with van der Waals surface area (Å²) in [7, 11) is 0. The van der Waals surface area contributed by atoms with Gasteiger partial charge >= 0.3 is 0 Å². The van der Waals surface area contributed by atoms with Gasteiger partial charge < -0.3 is 5.32 Å². The first-order chi connectivity index (χ1) is 6.86. The Hall–Kier alpha value is -1.00. The molecule has 0 bridgehead atoms. The Morgan fingerprint density at radius 3 is 2.93 bits per heavy atom. The van der Waals surface area contributed by atoms with Crippen LogP contribution in [0.3, 0.4) is 0 Å². The summed E-state index contributed by atoms with van der Waals surface area (Å²) in [6, 6.07) is 0. The van der Waals surface area contributed by atoms with Crippen LogP contribution in [0.4, 0.5) is 0 Å². The van der Waals surface area contributed by atoms with Crippen molar-refractivity contribution in [3.63, 3.8) is 0 Å². The van der Waals surface area contributed by atoms with Gasteiger partial charge in [-0.1, -0.05) is 0 Å². The van der Waals surface area contributed by atoms with Crippen molar-refractivity contribution in [3.05, 3.63) is 23.8 Å². The van der Waals surface area contributed by atoms with Crippen molar-refractivity contribution in [2.75, 3.05) is 26.2 Å². The number of hydrogen-bond acceptors (Lipinski definition) is 4. The lowest BCUT2D eigenvalue weighted by molar-refractivity contribution is 0.230. The molecule has 4 nitrogen and oxygen atoms in total. The molecule has 0 aliphatic carbocycles. The summed E-state index contributed by atoms with van der Waals surface area (Å²) >= 11 is 0. The monoisotopic (exact) mass is 192 g/mol. The van der Waals surface area contributed by atoms with E-state index in [1.165, 1.54) is 5.56 Å². The SMILES string of the molecule is Cc1cncnc1CN1CCNCC1. The van der Waals surface area contributed by atoms with Crippen LogP contribution in [0, 0.1) is 6.92 Å². The van der Waals surface area contributed by atoms with Crippen LogP contribution in [0.25, 0.3) is 0 Å². The molecule has 1 aliphatic rings. The Kier molecular flexibility index (Phi) is 3.06. The number of piperazine rings is 1. The maximum Gasteiger partial charge on any atom is 0.115 e. The van der Waals surface area contributed by atoms with E-state index in [1.54, 1.807) is 6.33 Å². The van der Waals surface area contributed by atoms with Crippen molar-refractivity contribution in [3.8, 4) is 0 Å². The van der Waals surface area contributed by atoms with Gasteiger partial charge in [0.1, 0.15) is 6.33 Å². The first-order valence-electron chi connectivity index (χ1n) is 5.05. The lowest BCUT2D eigenvalue weighted by Gasteiger charge is -2.27. The molecule has 2 rings (SSSR count). The highest BCUT2D eigenvalue weighted by atomic mass is 15.2. The van der Waals surface area contributed by atoms with Crippen molar-refractivity contribution in [1.29, 1.82) is 0 Å². The van der Waals surface area contributed by atoms with Gasteiger partial charge in [-0.3, -0.25) is 4.90 Å². The van der Waals surface area contributed by atoms with Crippen LogP contribution in [-0.4, -0.2) is 41.0 Å². The highest BCUT2D eigenvalue weighted by Gasteiger charge is 2.11. The molecule has 1 aliphatic heterocycles. The number of aromatic nitrogens is 2. The van der Waals surface area contributed by atoms with Crippen molar-refractivity contribution in [2.45, 2.75) is 13.5 Å². The third-order valence-electron chi connectivity index (χ3n) is 2.59. The van der Waals surface area contributed by atoms with E-state index in [2.05, 4.69) is 27.1 Å². The van der Waals surface area contributed by atoms with Crippen LogP contribution in [0.1, 0.15) is 11.3 Å². The summed E-state index contributed by atoms with van der Waals surface area (Å²) in [4.78, 5) is 10.7. The first-order valence-corrected chi connectivity index (χ1v) is 5.05.